The minimum atomic E-state index is -0.249. The Balaban J connectivity index is 1.73. The summed E-state index contributed by atoms with van der Waals surface area (Å²) < 4.78 is 5.47. The number of pyridine rings is 1. The van der Waals surface area contributed by atoms with E-state index in [1.54, 1.807) is 35.4 Å². The fourth-order valence-corrected chi connectivity index (χ4v) is 3.09. The smallest absolute Gasteiger partial charge is 0.251 e. The number of benzene rings is 1. The van der Waals surface area contributed by atoms with Crippen molar-refractivity contribution in [1.82, 2.24) is 10.3 Å². The van der Waals surface area contributed by atoms with Gasteiger partial charge in [-0.05, 0) is 37.6 Å². The summed E-state index contributed by atoms with van der Waals surface area (Å²) in [5.41, 5.74) is 1.83. The maximum atomic E-state index is 12.5. The molecule has 6 nitrogen and oxygen atoms in total. The molecule has 1 aliphatic rings. The number of aromatic nitrogens is 1. The fraction of sp³-hybridized carbons (Fsp3) is 0.316. The lowest BCUT2D eigenvalue weighted by molar-refractivity contribution is -0.117. The molecule has 0 spiro atoms. The molecule has 0 saturated carbocycles. The molecule has 1 aromatic heterocycles. The van der Waals surface area contributed by atoms with E-state index in [0.717, 1.165) is 12.0 Å². The van der Waals surface area contributed by atoms with Crippen LogP contribution in [0.3, 0.4) is 0 Å². The summed E-state index contributed by atoms with van der Waals surface area (Å²) in [7, 11) is 0. The van der Waals surface area contributed by atoms with Gasteiger partial charge in [-0.2, -0.15) is 0 Å². The molecule has 1 saturated heterocycles. The number of ether oxygens (including phenoxy) is 1. The minimum absolute atomic E-state index is 0.0289. The van der Waals surface area contributed by atoms with Gasteiger partial charge in [0.1, 0.15) is 0 Å². The molecule has 1 aromatic carbocycles. The molecule has 1 N–H and O–H groups in total. The summed E-state index contributed by atoms with van der Waals surface area (Å²) in [4.78, 5) is 30.3. The van der Waals surface area contributed by atoms with Crippen molar-refractivity contribution in [3.63, 3.8) is 0 Å². The van der Waals surface area contributed by atoms with Crippen molar-refractivity contribution in [2.24, 2.45) is 0 Å². The van der Waals surface area contributed by atoms with Gasteiger partial charge in [0, 0.05) is 36.8 Å². The summed E-state index contributed by atoms with van der Waals surface area (Å²) in [6.45, 7) is 3.30. The number of rotatable bonds is 6. The van der Waals surface area contributed by atoms with E-state index in [0.29, 0.717) is 48.3 Å². The van der Waals surface area contributed by atoms with Crippen LogP contribution in [0.2, 0.25) is 5.02 Å². The van der Waals surface area contributed by atoms with Crippen molar-refractivity contribution in [2.75, 3.05) is 18.1 Å². The number of amides is 2. The monoisotopic (exact) mass is 373 g/mol. The number of hydrogen-bond donors (Lipinski definition) is 1. The van der Waals surface area contributed by atoms with Crippen LogP contribution in [-0.4, -0.2) is 29.9 Å². The van der Waals surface area contributed by atoms with Crippen LogP contribution >= 0.6 is 11.6 Å². The average molecular weight is 374 g/mol. The van der Waals surface area contributed by atoms with E-state index in [-0.39, 0.29) is 11.8 Å². The van der Waals surface area contributed by atoms with Crippen LogP contribution in [0.4, 0.5) is 5.69 Å². The van der Waals surface area contributed by atoms with Gasteiger partial charge in [-0.3, -0.25) is 9.59 Å². The highest BCUT2D eigenvalue weighted by molar-refractivity contribution is 6.34. The van der Waals surface area contributed by atoms with E-state index >= 15 is 0 Å². The van der Waals surface area contributed by atoms with Crippen LogP contribution in [-0.2, 0) is 11.3 Å². The lowest BCUT2D eigenvalue weighted by Gasteiger charge is -2.18. The molecule has 136 valence electrons. The predicted molar refractivity (Wildman–Crippen MR) is 99.6 cm³/mol. The predicted octanol–water partition coefficient (Wildman–Crippen LogP) is 3.19. The van der Waals surface area contributed by atoms with Gasteiger partial charge in [0.25, 0.3) is 5.91 Å². The molecule has 0 bridgehead atoms. The third-order valence-electron chi connectivity index (χ3n) is 4.14. The number of carbonyl (C=O) groups is 2. The molecule has 26 heavy (non-hydrogen) atoms. The summed E-state index contributed by atoms with van der Waals surface area (Å²) in [6.07, 6.45) is 2.95. The Morgan fingerprint density at radius 2 is 2.23 bits per heavy atom. The third kappa shape index (κ3) is 3.96. The Morgan fingerprint density at radius 1 is 1.38 bits per heavy atom. The van der Waals surface area contributed by atoms with Gasteiger partial charge in [-0.1, -0.05) is 17.7 Å². The van der Waals surface area contributed by atoms with Crippen LogP contribution in [0.5, 0.6) is 5.88 Å². The number of carbonyl (C=O) groups excluding carboxylic acids is 2. The molecule has 2 amide bonds. The first-order valence-electron chi connectivity index (χ1n) is 8.55. The molecule has 0 radical (unpaired) electrons. The van der Waals surface area contributed by atoms with Crippen molar-refractivity contribution in [1.29, 1.82) is 0 Å². The average Bonchev–Trinajstić information content (AvgIpc) is 3.07. The van der Waals surface area contributed by atoms with Crippen molar-refractivity contribution in [2.45, 2.75) is 26.3 Å². The van der Waals surface area contributed by atoms with Gasteiger partial charge in [-0.15, -0.1) is 0 Å². The van der Waals surface area contributed by atoms with Gasteiger partial charge in [0.15, 0.2) is 0 Å². The summed E-state index contributed by atoms with van der Waals surface area (Å²) in [6, 6.07) is 8.60. The number of anilines is 1. The normalized spacial score (nSPS) is 13.8. The van der Waals surface area contributed by atoms with Crippen molar-refractivity contribution >= 4 is 29.1 Å². The van der Waals surface area contributed by atoms with E-state index in [9.17, 15) is 9.59 Å². The first kappa shape index (κ1) is 18.2. The molecule has 0 aliphatic carbocycles. The number of nitrogens with zero attached hydrogens (tertiary/aromatic N) is 2. The van der Waals surface area contributed by atoms with E-state index in [2.05, 4.69) is 10.3 Å². The summed E-state index contributed by atoms with van der Waals surface area (Å²) >= 11 is 6.22. The quantitative estimate of drug-likeness (QED) is 0.844. The molecule has 0 atom stereocenters. The molecule has 7 heteroatoms. The summed E-state index contributed by atoms with van der Waals surface area (Å²) in [5, 5.41) is 3.32. The SMILES string of the molecule is CCOc1ncccc1CNC(=O)c1ccc(Cl)c(N2CCCC2=O)c1. The van der Waals surface area contributed by atoms with Gasteiger partial charge >= 0.3 is 0 Å². The third-order valence-corrected chi connectivity index (χ3v) is 4.46. The molecular formula is C19H20ClN3O3. The van der Waals surface area contributed by atoms with Crippen LogP contribution in [0.15, 0.2) is 36.5 Å². The van der Waals surface area contributed by atoms with E-state index in [1.807, 2.05) is 13.0 Å². The Kier molecular flexibility index (Phi) is 5.73. The maximum Gasteiger partial charge on any atom is 0.251 e. The second kappa shape index (κ2) is 8.19. The second-order valence-electron chi connectivity index (χ2n) is 5.90. The highest BCUT2D eigenvalue weighted by Crippen LogP contribution is 2.30. The standard InChI is InChI=1S/C19H20ClN3O3/c1-2-26-19-14(5-3-9-21-19)12-22-18(25)13-7-8-15(20)16(11-13)23-10-4-6-17(23)24/h3,5,7-9,11H,2,4,6,10,12H2,1H3,(H,22,25). The topological polar surface area (TPSA) is 71.5 Å². The minimum Gasteiger partial charge on any atom is -0.478 e. The first-order chi connectivity index (χ1) is 12.6. The van der Waals surface area contributed by atoms with Crippen molar-refractivity contribution in [3.8, 4) is 5.88 Å². The Bertz CT molecular complexity index is 825. The molecule has 2 aromatic rings. The first-order valence-corrected chi connectivity index (χ1v) is 8.92. The zero-order valence-electron chi connectivity index (χ0n) is 14.5. The van der Waals surface area contributed by atoms with Crippen LogP contribution in [0.25, 0.3) is 0 Å². The Labute approximate surface area is 157 Å². The van der Waals surface area contributed by atoms with Crippen molar-refractivity contribution < 1.29 is 14.3 Å². The molecule has 0 unspecified atom stereocenters. The maximum absolute atomic E-state index is 12.5. The van der Waals surface area contributed by atoms with Crippen LogP contribution < -0.4 is 15.0 Å². The Hall–Kier alpha value is -2.60. The van der Waals surface area contributed by atoms with E-state index in [1.165, 1.54) is 0 Å². The highest BCUT2D eigenvalue weighted by atomic mass is 35.5. The van der Waals surface area contributed by atoms with Gasteiger partial charge in [0.2, 0.25) is 11.8 Å². The zero-order chi connectivity index (χ0) is 18.5. The zero-order valence-corrected chi connectivity index (χ0v) is 15.3. The van der Waals surface area contributed by atoms with Gasteiger partial charge < -0.3 is 15.0 Å². The van der Waals surface area contributed by atoms with E-state index < -0.39 is 0 Å². The fourth-order valence-electron chi connectivity index (χ4n) is 2.87. The number of hydrogen-bond acceptors (Lipinski definition) is 4. The lowest BCUT2D eigenvalue weighted by Crippen LogP contribution is -2.26. The van der Waals surface area contributed by atoms with Gasteiger partial charge in [0.05, 0.1) is 17.3 Å². The van der Waals surface area contributed by atoms with Crippen LogP contribution in [0.1, 0.15) is 35.7 Å². The summed E-state index contributed by atoms with van der Waals surface area (Å²) in [5.74, 6) is 0.289. The molecule has 2 heterocycles. The molecular weight excluding hydrogens is 354 g/mol. The second-order valence-corrected chi connectivity index (χ2v) is 6.31. The number of halogens is 1. The Morgan fingerprint density at radius 3 is 2.96 bits per heavy atom. The highest BCUT2D eigenvalue weighted by Gasteiger charge is 2.24. The van der Waals surface area contributed by atoms with Gasteiger partial charge in [-0.25, -0.2) is 4.98 Å². The van der Waals surface area contributed by atoms with E-state index in [4.69, 9.17) is 16.3 Å². The largest absolute Gasteiger partial charge is 0.478 e. The van der Waals surface area contributed by atoms with Crippen LogP contribution in [0, 0.1) is 0 Å². The molecule has 1 fully saturated rings. The number of nitrogens with one attached hydrogen (secondary N) is 1. The lowest BCUT2D eigenvalue weighted by atomic mass is 10.1. The molecule has 1 aliphatic heterocycles. The molecule has 3 rings (SSSR count). The van der Waals surface area contributed by atoms with Crippen molar-refractivity contribution in [3.05, 3.63) is 52.7 Å².